The quantitative estimate of drug-likeness (QED) is 0.247. The van der Waals surface area contributed by atoms with E-state index in [0.717, 1.165) is 58.0 Å². The summed E-state index contributed by atoms with van der Waals surface area (Å²) in [6.07, 6.45) is 8.55. The minimum absolute atomic E-state index is 0.0983. The maximum absolute atomic E-state index is 11.5. The number of piperidine rings is 2. The van der Waals surface area contributed by atoms with Crippen LogP contribution in [0.4, 0.5) is 0 Å². The van der Waals surface area contributed by atoms with Gasteiger partial charge in [-0.15, -0.1) is 0 Å². The second-order valence-electron chi connectivity index (χ2n) is 10.2. The number of rotatable bonds is 16. The van der Waals surface area contributed by atoms with Gasteiger partial charge in [0.25, 0.3) is 5.72 Å². The molecule has 4 unspecified atom stereocenters. The summed E-state index contributed by atoms with van der Waals surface area (Å²) in [5, 5.41) is 16.2. The van der Waals surface area contributed by atoms with Gasteiger partial charge in [0.05, 0.1) is 12.8 Å². The van der Waals surface area contributed by atoms with Crippen LogP contribution in [-0.4, -0.2) is 92.4 Å². The van der Waals surface area contributed by atoms with E-state index < -0.39 is 23.9 Å². The number of carboxylic acid groups (broad SMARTS) is 4. The minimum atomic E-state index is -0.585. The Labute approximate surface area is 213 Å². The molecular weight excluding hydrogens is 456 g/mol. The first-order valence-corrected chi connectivity index (χ1v) is 12.9. The molecule has 0 saturated carbocycles. The smallest absolute Gasteiger partial charge is 0.304 e. The maximum atomic E-state index is 11.5. The van der Waals surface area contributed by atoms with Crippen molar-refractivity contribution < 1.29 is 39.6 Å². The summed E-state index contributed by atoms with van der Waals surface area (Å²) in [5.41, 5.74) is 0. The topological polar surface area (TPSA) is 156 Å². The molecule has 0 aromatic heterocycles. The zero-order chi connectivity index (χ0) is 28.6. The molecule has 200 valence electrons. The van der Waals surface area contributed by atoms with Gasteiger partial charge < -0.3 is 20.4 Å². The van der Waals surface area contributed by atoms with Crippen molar-refractivity contribution in [2.45, 2.75) is 95.6 Å². The van der Waals surface area contributed by atoms with E-state index in [1.165, 1.54) is 0 Å². The second-order valence-corrected chi connectivity index (χ2v) is 10.2. The Morgan fingerprint density at radius 1 is 0.629 bits per heavy atom. The van der Waals surface area contributed by atoms with Crippen LogP contribution >= 0.6 is 0 Å². The van der Waals surface area contributed by atoms with Crippen LogP contribution in [0.15, 0.2) is 0 Å². The molecule has 0 spiro atoms. The lowest BCUT2D eigenvalue weighted by atomic mass is 9.81. The van der Waals surface area contributed by atoms with Crippen molar-refractivity contribution in [3.63, 3.8) is 0 Å². The van der Waals surface area contributed by atoms with Gasteiger partial charge in [0.1, 0.15) is 0 Å². The first kappa shape index (κ1) is 23.2. The van der Waals surface area contributed by atoms with E-state index in [4.69, 9.17) is 5.72 Å². The molecule has 2 heterocycles. The highest BCUT2D eigenvalue weighted by Gasteiger charge is 2.31. The number of aliphatic carboxylic acids is 4. The Balaban J connectivity index is 1.85. The summed E-state index contributed by atoms with van der Waals surface area (Å²) in [4.78, 5) is 50.3. The fraction of sp³-hybridized carbons (Fsp3) is 0.840. The van der Waals surface area contributed by atoms with Crippen molar-refractivity contribution in [2.75, 3.05) is 26.2 Å². The summed E-state index contributed by atoms with van der Waals surface area (Å²) >= 11 is 0. The van der Waals surface area contributed by atoms with Gasteiger partial charge in [-0.1, -0.05) is 19.3 Å². The fourth-order valence-corrected chi connectivity index (χ4v) is 5.81. The Hall–Kier alpha value is -2.20. The average Bonchev–Trinajstić information content (AvgIpc) is 2.96. The molecule has 10 heteroatoms. The molecule has 0 bridgehead atoms. The number of carboxylic acids is 4. The molecule has 35 heavy (non-hydrogen) atoms. The van der Waals surface area contributed by atoms with Gasteiger partial charge >= 0.3 is 23.9 Å². The van der Waals surface area contributed by atoms with Crippen molar-refractivity contribution in [3.05, 3.63) is 0 Å². The van der Waals surface area contributed by atoms with E-state index in [9.17, 15) is 19.2 Å². The van der Waals surface area contributed by atoms with Crippen LogP contribution in [0.2, 0.25) is 0 Å². The van der Waals surface area contributed by atoms with Crippen LogP contribution in [0.1, 0.15) is 83.5 Å². The van der Waals surface area contributed by atoms with E-state index in [1.807, 2.05) is 0 Å². The first-order valence-electron chi connectivity index (χ1n) is 14.5. The van der Waals surface area contributed by atoms with Gasteiger partial charge in [-0.3, -0.25) is 29.0 Å². The molecule has 2 aliphatic rings. The predicted molar refractivity (Wildman–Crippen MR) is 128 cm³/mol. The summed E-state index contributed by atoms with van der Waals surface area (Å²) in [5.74, 6) is -1.34. The molecule has 0 aromatic carbocycles. The number of hydrogen-bond acceptors (Lipinski definition) is 10. The van der Waals surface area contributed by atoms with Crippen molar-refractivity contribution in [1.82, 2.24) is 9.80 Å². The zero-order valence-corrected chi connectivity index (χ0v) is 20.5. The monoisotopic (exact) mass is 502 g/mol. The number of carbonyl (C=O) groups is 4. The van der Waals surface area contributed by atoms with Gasteiger partial charge in [0.15, 0.2) is 0 Å². The lowest BCUT2D eigenvalue weighted by molar-refractivity contribution is -0.139. The molecule has 0 radical (unpaired) electrons. The molecule has 2 saturated heterocycles. The highest BCUT2D eigenvalue weighted by atomic mass is 16.4. The third kappa shape index (κ3) is 11.4. The third-order valence-electron chi connectivity index (χ3n) is 7.69. The van der Waals surface area contributed by atoms with E-state index in [1.54, 1.807) is 0 Å². The molecule has 0 amide bonds. The van der Waals surface area contributed by atoms with Crippen LogP contribution in [0.25, 0.3) is 5.72 Å². The van der Waals surface area contributed by atoms with Crippen LogP contribution in [0.3, 0.4) is 0 Å². The second kappa shape index (κ2) is 15.0. The van der Waals surface area contributed by atoms with Gasteiger partial charge in [0.2, 0.25) is 0 Å². The van der Waals surface area contributed by atoms with Gasteiger partial charge in [-0.05, 0) is 63.5 Å². The lowest BCUT2D eigenvalue weighted by Crippen LogP contribution is -2.44. The molecule has 4 atom stereocenters. The predicted octanol–water partition coefficient (Wildman–Crippen LogP) is 3.00. The Morgan fingerprint density at radius 3 is 1.43 bits per heavy atom. The van der Waals surface area contributed by atoms with Crippen LogP contribution in [0.5, 0.6) is 0 Å². The highest BCUT2D eigenvalue weighted by Crippen LogP contribution is 2.33. The number of likely N-dealkylation sites (tertiary alicyclic amines) is 2. The Bertz CT molecular complexity index is 731. The first-order chi connectivity index (χ1) is 18.8. The zero-order valence-electron chi connectivity index (χ0n) is 24.5. The van der Waals surface area contributed by atoms with Crippen LogP contribution in [-0.2, 0) is 19.2 Å². The van der Waals surface area contributed by atoms with Crippen LogP contribution in [0, 0.1) is 11.8 Å². The molecule has 0 aromatic rings. The molecule has 4 N–H and O–H groups in total. The largest absolute Gasteiger partial charge is 0.481 e. The molecule has 2 aliphatic heterocycles. The summed E-state index contributed by atoms with van der Waals surface area (Å²) in [6, 6.07) is 0.197. The summed E-state index contributed by atoms with van der Waals surface area (Å²) < 4.78 is 27.1. The van der Waals surface area contributed by atoms with E-state index in [-0.39, 0.29) is 37.8 Å². The lowest BCUT2D eigenvalue weighted by Gasteiger charge is -2.40. The number of hydrogen-bond donors (Lipinski definition) is 4. The Morgan fingerprint density at radius 2 is 1.03 bits per heavy atom. The standard InChI is InChI=1S/C25H42N2O8/c28-22(29)6-4-20-16-18(8-12-26(20)14-10-24(32)33)2-1-3-19-9-13-27(15-11-25(34)35)21(17-19)5-7-23(30)31/h18-21H,1-17H2,(H,28,29)(H,30,31)(H,32,33)(H,34,35)/i/hD4. The van der Waals surface area contributed by atoms with Gasteiger partial charge in [-0.25, -0.2) is 0 Å². The summed E-state index contributed by atoms with van der Waals surface area (Å²) in [6.45, 7) is 2.53. The maximum Gasteiger partial charge on any atom is 0.304 e. The van der Waals surface area contributed by atoms with E-state index in [0.29, 0.717) is 37.8 Å². The SMILES string of the molecule is [2H]OC(=O)CCC1CC(CCCC2CCN(CCC(=O)O[2H])C(CCC(=O)O[2H])C2)CCN1CCC(=O)O[2H]. The molecule has 2 rings (SSSR count). The number of nitrogens with zero attached hydrogens (tertiary/aromatic N) is 2. The van der Waals surface area contributed by atoms with Crippen molar-refractivity contribution >= 4 is 23.9 Å². The van der Waals surface area contributed by atoms with Crippen LogP contribution < -0.4 is 0 Å². The van der Waals surface area contributed by atoms with Gasteiger partial charge in [0, 0.05) is 38.0 Å². The van der Waals surface area contributed by atoms with Crippen molar-refractivity contribution in [2.24, 2.45) is 11.8 Å². The minimum Gasteiger partial charge on any atom is -0.481 e. The Kier molecular flexibility index (Phi) is 9.97. The molecule has 0 aliphatic carbocycles. The fourth-order valence-electron chi connectivity index (χ4n) is 5.81. The average molecular weight is 503 g/mol. The van der Waals surface area contributed by atoms with Crippen molar-refractivity contribution in [3.8, 4) is 0 Å². The highest BCUT2D eigenvalue weighted by molar-refractivity contribution is 5.67. The van der Waals surface area contributed by atoms with Gasteiger partial charge in [-0.2, -0.15) is 0 Å². The normalized spacial score (nSPS) is 27.0. The third-order valence-corrected chi connectivity index (χ3v) is 7.69. The van der Waals surface area contributed by atoms with Crippen molar-refractivity contribution in [1.29, 1.82) is 5.72 Å². The molecular formula is C25H42N2O8. The molecule has 10 nitrogen and oxygen atoms in total. The summed E-state index contributed by atoms with van der Waals surface area (Å²) in [7, 11) is 0. The van der Waals surface area contributed by atoms with E-state index >= 15 is 0 Å². The van der Waals surface area contributed by atoms with E-state index in [2.05, 4.69) is 30.2 Å². The molecule has 2 fully saturated rings.